The lowest BCUT2D eigenvalue weighted by Gasteiger charge is -2.19. The van der Waals surface area contributed by atoms with E-state index in [9.17, 15) is 9.50 Å². The molecule has 0 bridgehead atoms. The van der Waals surface area contributed by atoms with Crippen LogP contribution >= 0.6 is 15.9 Å². The van der Waals surface area contributed by atoms with E-state index in [0.717, 1.165) is 15.8 Å². The van der Waals surface area contributed by atoms with E-state index < -0.39 is 0 Å². The van der Waals surface area contributed by atoms with Crippen LogP contribution in [0.25, 0.3) is 0 Å². The Morgan fingerprint density at radius 1 is 1.30 bits per heavy atom. The third-order valence-corrected chi connectivity index (χ3v) is 3.55. The van der Waals surface area contributed by atoms with Crippen molar-refractivity contribution in [2.24, 2.45) is 0 Å². The predicted molar refractivity (Wildman–Crippen MR) is 80.5 cm³/mol. The second-order valence-corrected chi connectivity index (χ2v) is 5.14. The molecule has 2 aromatic rings. The van der Waals surface area contributed by atoms with Gasteiger partial charge < -0.3 is 15.2 Å². The largest absolute Gasteiger partial charge is 0.496 e. The van der Waals surface area contributed by atoms with Crippen molar-refractivity contribution < 1.29 is 14.2 Å². The Morgan fingerprint density at radius 2 is 2.10 bits per heavy atom. The van der Waals surface area contributed by atoms with E-state index in [0.29, 0.717) is 5.69 Å². The van der Waals surface area contributed by atoms with Gasteiger partial charge in [0.15, 0.2) is 0 Å². The number of aliphatic hydroxyl groups is 1. The summed E-state index contributed by atoms with van der Waals surface area (Å²) >= 11 is 3.41. The third-order valence-electron chi connectivity index (χ3n) is 2.93. The number of benzene rings is 2. The Balaban J connectivity index is 2.22. The molecular formula is C15H15BrFNO2. The van der Waals surface area contributed by atoms with Crippen LogP contribution in [0.5, 0.6) is 5.75 Å². The van der Waals surface area contributed by atoms with Crippen molar-refractivity contribution in [1.82, 2.24) is 0 Å². The van der Waals surface area contributed by atoms with Gasteiger partial charge in [0.1, 0.15) is 11.6 Å². The highest BCUT2D eigenvalue weighted by atomic mass is 79.9. The van der Waals surface area contributed by atoms with Crippen molar-refractivity contribution in [3.8, 4) is 5.75 Å². The van der Waals surface area contributed by atoms with E-state index >= 15 is 0 Å². The first kappa shape index (κ1) is 14.8. The number of nitrogens with one attached hydrogen (secondary N) is 1. The molecule has 3 nitrogen and oxygen atoms in total. The Kier molecular flexibility index (Phi) is 4.98. The van der Waals surface area contributed by atoms with Crippen LogP contribution in [0, 0.1) is 5.82 Å². The maximum atomic E-state index is 13.2. The quantitative estimate of drug-likeness (QED) is 0.871. The number of aliphatic hydroxyl groups excluding tert-OH is 1. The molecule has 2 rings (SSSR count). The maximum absolute atomic E-state index is 13.2. The number of halogens is 2. The zero-order chi connectivity index (χ0) is 14.5. The van der Waals surface area contributed by atoms with Crippen LogP contribution in [0.15, 0.2) is 46.9 Å². The molecule has 0 heterocycles. The fourth-order valence-corrected chi connectivity index (χ4v) is 2.47. The molecule has 1 atom stereocenters. The molecule has 0 saturated carbocycles. The van der Waals surface area contributed by atoms with Gasteiger partial charge in [0, 0.05) is 5.69 Å². The summed E-state index contributed by atoms with van der Waals surface area (Å²) in [4.78, 5) is 0. The molecular weight excluding hydrogens is 325 g/mol. The Bertz CT molecular complexity index is 592. The topological polar surface area (TPSA) is 41.5 Å². The summed E-state index contributed by atoms with van der Waals surface area (Å²) in [5, 5.41) is 12.6. The molecule has 0 saturated heterocycles. The van der Waals surface area contributed by atoms with Crippen LogP contribution in [0.3, 0.4) is 0 Å². The molecule has 0 aliphatic heterocycles. The van der Waals surface area contributed by atoms with Gasteiger partial charge in [0.2, 0.25) is 0 Å². The van der Waals surface area contributed by atoms with Crippen molar-refractivity contribution in [2.45, 2.75) is 6.04 Å². The van der Waals surface area contributed by atoms with Crippen molar-refractivity contribution in [3.63, 3.8) is 0 Å². The van der Waals surface area contributed by atoms with Gasteiger partial charge in [-0.05, 0) is 51.8 Å². The molecule has 2 N–H and O–H groups in total. The van der Waals surface area contributed by atoms with Gasteiger partial charge in [-0.25, -0.2) is 4.39 Å². The van der Waals surface area contributed by atoms with Crippen molar-refractivity contribution >= 4 is 21.6 Å². The minimum absolute atomic E-state index is 0.102. The van der Waals surface area contributed by atoms with E-state index in [-0.39, 0.29) is 18.5 Å². The zero-order valence-corrected chi connectivity index (χ0v) is 12.5. The van der Waals surface area contributed by atoms with Crippen LogP contribution in [-0.2, 0) is 0 Å². The van der Waals surface area contributed by atoms with Gasteiger partial charge in [-0.15, -0.1) is 0 Å². The lowest BCUT2D eigenvalue weighted by Crippen LogP contribution is -2.15. The Morgan fingerprint density at radius 3 is 2.70 bits per heavy atom. The highest BCUT2D eigenvalue weighted by Crippen LogP contribution is 2.29. The first-order valence-corrected chi connectivity index (χ1v) is 6.89. The minimum atomic E-state index is -0.320. The third kappa shape index (κ3) is 3.49. The normalized spacial score (nSPS) is 12.0. The fourth-order valence-electron chi connectivity index (χ4n) is 1.91. The van der Waals surface area contributed by atoms with Gasteiger partial charge in [-0.2, -0.15) is 0 Å². The number of rotatable bonds is 5. The summed E-state index contributed by atoms with van der Waals surface area (Å²) in [5.41, 5.74) is 1.50. The molecule has 2 aromatic carbocycles. The molecule has 0 spiro atoms. The Labute approximate surface area is 125 Å². The number of ether oxygens (including phenoxy) is 1. The molecule has 0 amide bonds. The van der Waals surface area contributed by atoms with E-state index in [4.69, 9.17) is 4.74 Å². The van der Waals surface area contributed by atoms with Crippen molar-refractivity contribution in [3.05, 3.63) is 58.3 Å². The molecule has 106 valence electrons. The lowest BCUT2D eigenvalue weighted by atomic mass is 10.1. The Hall–Kier alpha value is -1.59. The molecule has 0 fully saturated rings. The highest BCUT2D eigenvalue weighted by molar-refractivity contribution is 9.10. The SMILES string of the molecule is COc1ccc(C(CO)Nc2cccc(F)c2)cc1Br. The molecule has 5 heteroatoms. The number of methoxy groups -OCH3 is 1. The number of anilines is 1. The monoisotopic (exact) mass is 339 g/mol. The van der Waals surface area contributed by atoms with Gasteiger partial charge in [0.05, 0.1) is 24.2 Å². The van der Waals surface area contributed by atoms with E-state index in [1.54, 1.807) is 19.2 Å². The molecule has 20 heavy (non-hydrogen) atoms. The summed E-state index contributed by atoms with van der Waals surface area (Å²) < 4.78 is 19.1. The van der Waals surface area contributed by atoms with Gasteiger partial charge >= 0.3 is 0 Å². The lowest BCUT2D eigenvalue weighted by molar-refractivity contribution is 0.276. The van der Waals surface area contributed by atoms with Crippen LogP contribution in [0.4, 0.5) is 10.1 Å². The average Bonchev–Trinajstić information content (AvgIpc) is 2.44. The standard InChI is InChI=1S/C15H15BrFNO2/c1-20-15-6-5-10(7-13(15)16)14(9-19)18-12-4-2-3-11(17)8-12/h2-8,14,18-19H,9H2,1H3. The molecule has 0 aromatic heterocycles. The van der Waals surface area contributed by atoms with Crippen LogP contribution < -0.4 is 10.1 Å². The van der Waals surface area contributed by atoms with Crippen molar-refractivity contribution in [2.75, 3.05) is 19.0 Å². The average molecular weight is 340 g/mol. The van der Waals surface area contributed by atoms with Crippen LogP contribution in [0.2, 0.25) is 0 Å². The molecule has 0 aliphatic carbocycles. The summed E-state index contributed by atoms with van der Waals surface area (Å²) in [5.74, 6) is 0.402. The minimum Gasteiger partial charge on any atom is -0.496 e. The zero-order valence-electron chi connectivity index (χ0n) is 10.9. The second kappa shape index (κ2) is 6.72. The van der Waals surface area contributed by atoms with Crippen LogP contribution in [-0.4, -0.2) is 18.8 Å². The predicted octanol–water partition coefficient (Wildman–Crippen LogP) is 3.74. The maximum Gasteiger partial charge on any atom is 0.133 e. The van der Waals surface area contributed by atoms with Crippen molar-refractivity contribution in [1.29, 1.82) is 0 Å². The summed E-state index contributed by atoms with van der Waals surface area (Å²) in [6, 6.07) is 11.4. The van der Waals surface area contributed by atoms with E-state index in [1.807, 2.05) is 18.2 Å². The van der Waals surface area contributed by atoms with Gasteiger partial charge in [-0.1, -0.05) is 12.1 Å². The van der Waals surface area contributed by atoms with Crippen LogP contribution in [0.1, 0.15) is 11.6 Å². The van der Waals surface area contributed by atoms with Gasteiger partial charge in [0.25, 0.3) is 0 Å². The smallest absolute Gasteiger partial charge is 0.133 e. The first-order chi connectivity index (χ1) is 9.63. The molecule has 0 aliphatic rings. The highest BCUT2D eigenvalue weighted by Gasteiger charge is 2.12. The van der Waals surface area contributed by atoms with E-state index in [1.165, 1.54) is 12.1 Å². The van der Waals surface area contributed by atoms with E-state index in [2.05, 4.69) is 21.2 Å². The molecule has 0 radical (unpaired) electrons. The summed E-state index contributed by atoms with van der Waals surface area (Å²) in [6.07, 6.45) is 0. The first-order valence-electron chi connectivity index (χ1n) is 6.10. The second-order valence-electron chi connectivity index (χ2n) is 4.28. The van der Waals surface area contributed by atoms with Gasteiger partial charge in [-0.3, -0.25) is 0 Å². The number of hydrogen-bond acceptors (Lipinski definition) is 3. The summed E-state index contributed by atoms with van der Waals surface area (Å²) in [6.45, 7) is -0.102. The fraction of sp³-hybridized carbons (Fsp3) is 0.200. The number of hydrogen-bond donors (Lipinski definition) is 2. The summed E-state index contributed by atoms with van der Waals surface area (Å²) in [7, 11) is 1.59. The molecule has 1 unspecified atom stereocenters.